The third-order valence-corrected chi connectivity index (χ3v) is 6.40. The molecule has 0 unspecified atom stereocenters. The van der Waals surface area contributed by atoms with Crippen LogP contribution in [-0.4, -0.2) is 55.8 Å². The summed E-state index contributed by atoms with van der Waals surface area (Å²) in [6.45, 7) is 5.02. The highest BCUT2D eigenvalue weighted by Crippen LogP contribution is 2.33. The molecule has 0 spiro atoms. The van der Waals surface area contributed by atoms with E-state index in [0.29, 0.717) is 31.9 Å². The van der Waals surface area contributed by atoms with Crippen LogP contribution in [0, 0.1) is 0 Å². The average Bonchev–Trinajstić information content (AvgIpc) is 3.37. The molecule has 0 bridgehead atoms. The van der Waals surface area contributed by atoms with E-state index < -0.39 is 0 Å². The molecule has 182 valence electrons. The molecule has 0 aromatic heterocycles. The van der Waals surface area contributed by atoms with Gasteiger partial charge in [0.25, 0.3) is 5.91 Å². The molecule has 0 atom stereocenters. The molecule has 35 heavy (non-hydrogen) atoms. The Morgan fingerprint density at radius 3 is 2.46 bits per heavy atom. The van der Waals surface area contributed by atoms with Crippen molar-refractivity contribution in [3.05, 3.63) is 89.0 Å². The first-order chi connectivity index (χ1) is 17.2. The molecule has 0 N–H and O–H groups in total. The Balaban J connectivity index is 1.16. The van der Waals surface area contributed by atoms with E-state index >= 15 is 0 Å². The van der Waals surface area contributed by atoms with E-state index in [1.165, 1.54) is 5.56 Å². The fourth-order valence-corrected chi connectivity index (χ4v) is 4.47. The lowest BCUT2D eigenvalue weighted by Crippen LogP contribution is -2.48. The Labute approximate surface area is 205 Å². The summed E-state index contributed by atoms with van der Waals surface area (Å²) in [5.41, 5.74) is 3.82. The number of methoxy groups -OCH3 is 1. The van der Waals surface area contributed by atoms with Gasteiger partial charge in [-0.3, -0.25) is 9.69 Å². The average molecular weight is 475 g/mol. The van der Waals surface area contributed by atoms with E-state index in [2.05, 4.69) is 11.0 Å². The maximum atomic E-state index is 13.2. The van der Waals surface area contributed by atoms with Gasteiger partial charge in [-0.2, -0.15) is 0 Å². The number of piperazine rings is 1. The molecule has 3 aromatic rings. The third-order valence-electron chi connectivity index (χ3n) is 6.40. The van der Waals surface area contributed by atoms with Gasteiger partial charge in [0.2, 0.25) is 6.79 Å². The lowest BCUT2D eigenvalue weighted by molar-refractivity contribution is 0.0627. The van der Waals surface area contributed by atoms with Crippen LogP contribution in [0.4, 0.5) is 0 Å². The molecule has 3 aromatic carbocycles. The Morgan fingerprint density at radius 2 is 1.66 bits per heavy atom. The highest BCUT2D eigenvalue weighted by atomic mass is 16.7. The van der Waals surface area contributed by atoms with Gasteiger partial charge in [0.15, 0.2) is 11.5 Å². The largest absolute Gasteiger partial charge is 0.496 e. The van der Waals surface area contributed by atoms with Crippen LogP contribution in [0.1, 0.15) is 27.0 Å². The fraction of sp³-hybridized carbons (Fsp3) is 0.321. The molecule has 0 saturated carbocycles. The van der Waals surface area contributed by atoms with Gasteiger partial charge in [0.05, 0.1) is 20.3 Å². The molecule has 0 aliphatic carbocycles. The van der Waals surface area contributed by atoms with E-state index in [1.54, 1.807) is 7.11 Å². The molecule has 2 heterocycles. The zero-order valence-electron chi connectivity index (χ0n) is 19.9. The SMILES string of the molecule is COc1ccc(C(=O)N2CCN(Cc3ccc4c(c3)OCO4)CC2)cc1COCc1ccccc1. The Hall–Kier alpha value is -3.55. The Bertz CT molecular complexity index is 1160. The zero-order chi connectivity index (χ0) is 24.0. The van der Waals surface area contributed by atoms with Crippen molar-refractivity contribution >= 4 is 5.91 Å². The Morgan fingerprint density at radius 1 is 0.857 bits per heavy atom. The number of benzene rings is 3. The maximum Gasteiger partial charge on any atom is 0.253 e. The molecular formula is C28H30N2O5. The minimum Gasteiger partial charge on any atom is -0.496 e. The minimum absolute atomic E-state index is 0.0414. The van der Waals surface area contributed by atoms with Crippen molar-refractivity contribution in [3.8, 4) is 17.2 Å². The van der Waals surface area contributed by atoms with E-state index in [1.807, 2.05) is 65.6 Å². The predicted octanol–water partition coefficient (Wildman–Crippen LogP) is 4.10. The number of carbonyl (C=O) groups excluding carboxylic acids is 1. The molecule has 7 nitrogen and oxygen atoms in total. The zero-order valence-corrected chi connectivity index (χ0v) is 19.9. The fourth-order valence-electron chi connectivity index (χ4n) is 4.47. The van der Waals surface area contributed by atoms with Crippen LogP contribution in [0.3, 0.4) is 0 Å². The van der Waals surface area contributed by atoms with Gasteiger partial charge in [0.1, 0.15) is 5.75 Å². The van der Waals surface area contributed by atoms with Crippen molar-refractivity contribution in [2.75, 3.05) is 40.1 Å². The number of ether oxygens (including phenoxy) is 4. The summed E-state index contributed by atoms with van der Waals surface area (Å²) in [5, 5.41) is 0. The second kappa shape index (κ2) is 10.8. The van der Waals surface area contributed by atoms with Crippen molar-refractivity contribution in [1.29, 1.82) is 0 Å². The smallest absolute Gasteiger partial charge is 0.253 e. The standard InChI is InChI=1S/C28H30N2O5/c1-32-25-10-8-23(16-24(25)19-33-18-21-5-3-2-4-6-21)28(31)30-13-11-29(12-14-30)17-22-7-9-26-27(15-22)35-20-34-26/h2-10,15-16H,11-14,17-20H2,1H3. The Kier molecular flexibility index (Phi) is 7.16. The van der Waals surface area contributed by atoms with Gasteiger partial charge >= 0.3 is 0 Å². The van der Waals surface area contributed by atoms with Gasteiger partial charge in [-0.25, -0.2) is 0 Å². The number of fused-ring (bicyclic) bond motifs is 1. The summed E-state index contributed by atoms with van der Waals surface area (Å²) in [7, 11) is 1.64. The second-order valence-electron chi connectivity index (χ2n) is 8.76. The van der Waals surface area contributed by atoms with Crippen molar-refractivity contribution in [2.45, 2.75) is 19.8 Å². The van der Waals surface area contributed by atoms with Crippen LogP contribution in [0.15, 0.2) is 66.7 Å². The topological polar surface area (TPSA) is 60.5 Å². The van der Waals surface area contributed by atoms with Crippen LogP contribution < -0.4 is 14.2 Å². The lowest BCUT2D eigenvalue weighted by Gasteiger charge is -2.35. The highest BCUT2D eigenvalue weighted by molar-refractivity contribution is 5.94. The molecule has 2 aliphatic rings. The van der Waals surface area contributed by atoms with E-state index in [-0.39, 0.29) is 12.7 Å². The first-order valence-electron chi connectivity index (χ1n) is 11.9. The van der Waals surface area contributed by atoms with E-state index in [9.17, 15) is 4.79 Å². The number of nitrogens with zero attached hydrogens (tertiary/aromatic N) is 2. The number of rotatable bonds is 8. The molecule has 7 heteroatoms. The van der Waals surface area contributed by atoms with Crippen LogP contribution in [-0.2, 0) is 24.5 Å². The summed E-state index contributed by atoms with van der Waals surface area (Å²) in [4.78, 5) is 17.5. The third kappa shape index (κ3) is 5.58. The minimum atomic E-state index is 0.0414. The van der Waals surface area contributed by atoms with Gasteiger partial charge in [0, 0.05) is 43.9 Å². The predicted molar refractivity (Wildman–Crippen MR) is 132 cm³/mol. The van der Waals surface area contributed by atoms with Crippen molar-refractivity contribution in [3.63, 3.8) is 0 Å². The van der Waals surface area contributed by atoms with Crippen LogP contribution in [0.2, 0.25) is 0 Å². The summed E-state index contributed by atoms with van der Waals surface area (Å²) in [6.07, 6.45) is 0. The van der Waals surface area contributed by atoms with Crippen molar-refractivity contribution in [1.82, 2.24) is 9.80 Å². The van der Waals surface area contributed by atoms with Gasteiger partial charge in [-0.15, -0.1) is 0 Å². The van der Waals surface area contributed by atoms with Crippen LogP contribution >= 0.6 is 0 Å². The molecule has 0 radical (unpaired) electrons. The number of hydrogen-bond donors (Lipinski definition) is 0. The quantitative estimate of drug-likeness (QED) is 0.490. The highest BCUT2D eigenvalue weighted by Gasteiger charge is 2.23. The monoisotopic (exact) mass is 474 g/mol. The number of hydrogen-bond acceptors (Lipinski definition) is 6. The molecule has 2 aliphatic heterocycles. The first-order valence-corrected chi connectivity index (χ1v) is 11.9. The van der Waals surface area contributed by atoms with E-state index in [0.717, 1.165) is 48.0 Å². The second-order valence-corrected chi connectivity index (χ2v) is 8.76. The molecule has 5 rings (SSSR count). The van der Waals surface area contributed by atoms with Crippen molar-refractivity contribution in [2.24, 2.45) is 0 Å². The van der Waals surface area contributed by atoms with Crippen molar-refractivity contribution < 1.29 is 23.7 Å². The summed E-state index contributed by atoms with van der Waals surface area (Å²) in [5.74, 6) is 2.37. The van der Waals surface area contributed by atoms with Gasteiger partial charge < -0.3 is 23.8 Å². The van der Waals surface area contributed by atoms with E-state index in [4.69, 9.17) is 18.9 Å². The number of carbonyl (C=O) groups is 1. The molecule has 1 saturated heterocycles. The molecule has 1 fully saturated rings. The molecular weight excluding hydrogens is 444 g/mol. The van der Waals surface area contributed by atoms with Crippen LogP contribution in [0.5, 0.6) is 17.2 Å². The maximum absolute atomic E-state index is 13.2. The molecule has 1 amide bonds. The first kappa shape index (κ1) is 23.2. The van der Waals surface area contributed by atoms with Crippen LogP contribution in [0.25, 0.3) is 0 Å². The summed E-state index contributed by atoms with van der Waals surface area (Å²) >= 11 is 0. The number of amides is 1. The van der Waals surface area contributed by atoms with Gasteiger partial charge in [-0.1, -0.05) is 36.4 Å². The summed E-state index contributed by atoms with van der Waals surface area (Å²) < 4.78 is 22.3. The summed E-state index contributed by atoms with van der Waals surface area (Å²) in [6, 6.07) is 21.7. The lowest BCUT2D eigenvalue weighted by atomic mass is 10.1. The normalized spacial score (nSPS) is 15.3. The van der Waals surface area contributed by atoms with Gasteiger partial charge in [-0.05, 0) is 41.5 Å².